The molecule has 0 N–H and O–H groups in total. The summed E-state index contributed by atoms with van der Waals surface area (Å²) in [5.74, 6) is 3.94. The lowest BCUT2D eigenvalue weighted by atomic mass is 9.73. The summed E-state index contributed by atoms with van der Waals surface area (Å²) in [6.07, 6.45) is 1.93. The monoisotopic (exact) mass is 550 g/mol. The Morgan fingerprint density at radius 3 is 1.95 bits per heavy atom. The van der Waals surface area contributed by atoms with E-state index in [2.05, 4.69) is 113 Å². The predicted molar refractivity (Wildman–Crippen MR) is 165 cm³/mol. The molecule has 0 bridgehead atoms. The Balaban J connectivity index is 1.58. The number of fused-ring (bicyclic) bond motifs is 5. The molecule has 41 heavy (non-hydrogen) atoms. The average molecular weight is 551 g/mol. The molecule has 0 amide bonds. The van der Waals surface area contributed by atoms with Crippen LogP contribution in [0.1, 0.15) is 68.0 Å². The second kappa shape index (κ2) is 9.93. The Bertz CT molecular complexity index is 1590. The van der Waals surface area contributed by atoms with Gasteiger partial charge in [0.05, 0.1) is 23.5 Å². The highest BCUT2D eigenvalue weighted by molar-refractivity contribution is 5.84. The Labute approximate surface area is 243 Å². The molecular weight excluding hydrogens is 508 g/mol. The van der Waals surface area contributed by atoms with Crippen molar-refractivity contribution in [2.24, 2.45) is 17.8 Å². The Morgan fingerprint density at radius 2 is 1.32 bits per heavy atom. The standard InChI is InChI=1S/C33H42N8/c1-17-18(2)23(7)28(24(8)19(17)3)16-39-29-13-11-12-14-30(29)41-32(36-37-38-41)27-15-34-33(35-31(27)39)40-25(9)21(5)20(4)22(6)26(40)10/h11-15,20-22,25-26H,16H2,1-10H3. The third-order valence-corrected chi connectivity index (χ3v) is 10.9. The van der Waals surface area contributed by atoms with Gasteiger partial charge in [0.1, 0.15) is 5.82 Å². The number of rotatable bonds is 3. The molecule has 0 spiro atoms. The van der Waals surface area contributed by atoms with Gasteiger partial charge in [-0.1, -0.05) is 32.9 Å². The maximum absolute atomic E-state index is 5.40. The van der Waals surface area contributed by atoms with Crippen molar-refractivity contribution in [3.63, 3.8) is 0 Å². The molecule has 4 heterocycles. The molecule has 0 radical (unpaired) electrons. The SMILES string of the molecule is Cc1c(C)c(C)c(CN2c3ccccc3-n3nnnc3-c3cnc(N4C(C)C(C)C(C)C(C)C4C)nc32)c(C)c1C. The average Bonchev–Trinajstić information content (AvgIpc) is 3.43. The number of anilines is 3. The molecule has 4 unspecified atom stereocenters. The van der Waals surface area contributed by atoms with E-state index in [0.717, 1.165) is 28.7 Å². The van der Waals surface area contributed by atoms with Gasteiger partial charge in [-0.05, 0) is 122 Å². The van der Waals surface area contributed by atoms with E-state index in [0.29, 0.717) is 42.2 Å². The lowest BCUT2D eigenvalue weighted by Gasteiger charge is -2.50. The Kier molecular flexibility index (Phi) is 6.63. The fourth-order valence-corrected chi connectivity index (χ4v) is 7.09. The van der Waals surface area contributed by atoms with Gasteiger partial charge in [0.2, 0.25) is 5.95 Å². The van der Waals surface area contributed by atoms with Gasteiger partial charge in [-0.15, -0.1) is 5.10 Å². The summed E-state index contributed by atoms with van der Waals surface area (Å²) in [5.41, 5.74) is 10.8. The van der Waals surface area contributed by atoms with Gasteiger partial charge in [-0.3, -0.25) is 0 Å². The van der Waals surface area contributed by atoms with Crippen LogP contribution in [0.2, 0.25) is 0 Å². The van der Waals surface area contributed by atoms with Gasteiger partial charge in [0, 0.05) is 18.3 Å². The van der Waals surface area contributed by atoms with Crippen molar-refractivity contribution in [3.8, 4) is 17.1 Å². The molecule has 2 aliphatic rings. The molecule has 8 nitrogen and oxygen atoms in total. The molecule has 2 aromatic heterocycles. The molecular formula is C33H42N8. The highest BCUT2D eigenvalue weighted by Crippen LogP contribution is 2.44. The fourth-order valence-electron chi connectivity index (χ4n) is 7.09. The van der Waals surface area contributed by atoms with Gasteiger partial charge in [-0.25, -0.2) is 4.98 Å². The molecule has 1 fully saturated rings. The van der Waals surface area contributed by atoms with Crippen molar-refractivity contribution in [2.75, 3.05) is 9.80 Å². The molecule has 214 valence electrons. The third-order valence-electron chi connectivity index (χ3n) is 10.9. The largest absolute Gasteiger partial charge is 0.335 e. The maximum atomic E-state index is 5.40. The number of para-hydroxylation sites is 2. The third kappa shape index (κ3) is 4.05. The number of piperidine rings is 1. The molecule has 8 heteroatoms. The quantitative estimate of drug-likeness (QED) is 0.277. The van der Waals surface area contributed by atoms with Gasteiger partial charge in [0.25, 0.3) is 0 Å². The normalized spacial score (nSPS) is 23.6. The summed E-state index contributed by atoms with van der Waals surface area (Å²) in [4.78, 5) is 15.2. The van der Waals surface area contributed by atoms with E-state index < -0.39 is 0 Å². The van der Waals surface area contributed by atoms with Crippen molar-refractivity contribution in [3.05, 3.63) is 63.8 Å². The summed E-state index contributed by atoms with van der Waals surface area (Å²) >= 11 is 0. The highest BCUT2D eigenvalue weighted by atomic mass is 15.6. The summed E-state index contributed by atoms with van der Waals surface area (Å²) in [5, 5.41) is 12.9. The summed E-state index contributed by atoms with van der Waals surface area (Å²) in [6, 6.07) is 8.97. The van der Waals surface area contributed by atoms with Crippen molar-refractivity contribution in [2.45, 2.75) is 87.9 Å². The van der Waals surface area contributed by atoms with Crippen molar-refractivity contribution in [1.29, 1.82) is 0 Å². The first kappa shape index (κ1) is 27.4. The Morgan fingerprint density at radius 1 is 0.732 bits per heavy atom. The van der Waals surface area contributed by atoms with Crippen molar-refractivity contribution < 1.29 is 0 Å². The zero-order valence-electron chi connectivity index (χ0n) is 26.1. The number of benzene rings is 2. The van der Waals surface area contributed by atoms with E-state index in [1.807, 2.05) is 16.9 Å². The van der Waals surface area contributed by atoms with Crippen LogP contribution in [0.15, 0.2) is 30.5 Å². The van der Waals surface area contributed by atoms with E-state index >= 15 is 0 Å². The van der Waals surface area contributed by atoms with Crippen molar-refractivity contribution >= 4 is 17.5 Å². The lowest BCUT2D eigenvalue weighted by molar-refractivity contribution is 0.157. The molecule has 2 aromatic carbocycles. The number of tetrazole rings is 1. The minimum atomic E-state index is 0.318. The maximum Gasteiger partial charge on any atom is 0.227 e. The first-order valence-electron chi connectivity index (χ1n) is 14.9. The summed E-state index contributed by atoms with van der Waals surface area (Å²) < 4.78 is 1.82. The Hall–Kier alpha value is -3.81. The number of hydrogen-bond donors (Lipinski definition) is 0. The van der Waals surface area contributed by atoms with E-state index in [4.69, 9.17) is 9.97 Å². The van der Waals surface area contributed by atoms with Crippen LogP contribution in [0.4, 0.5) is 17.5 Å². The van der Waals surface area contributed by atoms with E-state index in [-0.39, 0.29) is 0 Å². The fraction of sp³-hybridized carbons (Fsp3) is 0.485. The van der Waals surface area contributed by atoms with Crippen LogP contribution < -0.4 is 9.80 Å². The van der Waals surface area contributed by atoms with Crippen molar-refractivity contribution in [1.82, 2.24) is 30.2 Å². The predicted octanol–water partition coefficient (Wildman–Crippen LogP) is 6.82. The van der Waals surface area contributed by atoms with Crippen LogP contribution in [-0.4, -0.2) is 42.3 Å². The molecule has 4 aromatic rings. The second-order valence-corrected chi connectivity index (χ2v) is 12.5. The van der Waals surface area contributed by atoms with E-state index in [1.165, 1.54) is 33.4 Å². The summed E-state index contributed by atoms with van der Waals surface area (Å²) in [6.45, 7) is 23.6. The van der Waals surface area contributed by atoms with Crippen LogP contribution >= 0.6 is 0 Å². The van der Waals surface area contributed by atoms with Crippen LogP contribution in [0.5, 0.6) is 0 Å². The number of hydrogen-bond acceptors (Lipinski definition) is 7. The van der Waals surface area contributed by atoms with E-state index in [1.54, 1.807) is 0 Å². The molecule has 0 aliphatic carbocycles. The lowest BCUT2D eigenvalue weighted by Crippen LogP contribution is -2.55. The summed E-state index contributed by atoms with van der Waals surface area (Å²) in [7, 11) is 0. The molecule has 1 saturated heterocycles. The minimum absolute atomic E-state index is 0.318. The van der Waals surface area contributed by atoms with Gasteiger partial charge < -0.3 is 9.80 Å². The number of aromatic nitrogens is 6. The first-order chi connectivity index (χ1) is 19.5. The highest BCUT2D eigenvalue weighted by Gasteiger charge is 2.41. The number of nitrogens with zero attached hydrogens (tertiary/aromatic N) is 8. The van der Waals surface area contributed by atoms with Crippen LogP contribution in [0.25, 0.3) is 17.1 Å². The molecule has 2 aliphatic heterocycles. The smallest absolute Gasteiger partial charge is 0.227 e. The van der Waals surface area contributed by atoms with Crippen LogP contribution in [0, 0.1) is 52.4 Å². The zero-order chi connectivity index (χ0) is 29.3. The molecule has 6 rings (SSSR count). The first-order valence-corrected chi connectivity index (χ1v) is 14.9. The zero-order valence-corrected chi connectivity index (χ0v) is 26.1. The van der Waals surface area contributed by atoms with Crippen LogP contribution in [-0.2, 0) is 6.54 Å². The van der Waals surface area contributed by atoms with Gasteiger partial charge in [-0.2, -0.15) is 9.67 Å². The molecule has 4 atom stereocenters. The van der Waals surface area contributed by atoms with E-state index in [9.17, 15) is 0 Å². The van der Waals surface area contributed by atoms with Gasteiger partial charge >= 0.3 is 0 Å². The molecule has 0 saturated carbocycles. The second-order valence-electron chi connectivity index (χ2n) is 12.5. The van der Waals surface area contributed by atoms with Crippen LogP contribution in [0.3, 0.4) is 0 Å². The van der Waals surface area contributed by atoms with Gasteiger partial charge in [0.15, 0.2) is 5.82 Å². The topological polar surface area (TPSA) is 75.9 Å². The minimum Gasteiger partial charge on any atom is -0.335 e.